The zero-order chi connectivity index (χ0) is 3.54. The summed E-state index contributed by atoms with van der Waals surface area (Å²) in [7, 11) is 0. The minimum absolute atomic E-state index is 0.514. The number of hydrogen-bond acceptors (Lipinski definition) is 2. The molecule has 1 radical (unpaired) electrons. The lowest BCUT2D eigenvalue weighted by Crippen LogP contribution is -2.05. The lowest BCUT2D eigenvalue weighted by Gasteiger charge is -1.77. The van der Waals surface area contributed by atoms with Crippen LogP contribution in [0, 0.1) is 0 Å². The first kappa shape index (κ1) is 3.08. The molecule has 1 N–H and O–H groups in total. The van der Waals surface area contributed by atoms with Gasteiger partial charge in [-0.05, 0) is 0 Å². The van der Waals surface area contributed by atoms with Gasteiger partial charge in [0.25, 0.3) is 0 Å². The lowest BCUT2D eigenvalue weighted by atomic mass is 11.1. The highest BCUT2D eigenvalue weighted by Gasteiger charge is 1.92. The molecule has 0 aromatic heterocycles. The number of hydrogen-bond donors (Lipinski definition) is 1. The van der Waals surface area contributed by atoms with Crippen LogP contribution in [0.15, 0.2) is 0 Å². The molecular weight excluding hydrogens is 68.0 g/mol. The quantitative estimate of drug-likeness (QED) is 0.401. The number of nitrogens with one attached hydrogen (secondary N) is 1. The Morgan fingerprint density at radius 3 is 3.00 bits per heavy atom. The highest BCUT2D eigenvalue weighted by atomic mass is 16.7. The first-order valence-corrected chi connectivity index (χ1v) is 1.48. The van der Waals surface area contributed by atoms with Crippen molar-refractivity contribution in [1.29, 1.82) is 0 Å². The molecule has 0 amide bonds. The summed E-state index contributed by atoms with van der Waals surface area (Å²) < 4.78 is 0. The van der Waals surface area contributed by atoms with E-state index in [2.05, 4.69) is 15.6 Å². The fourth-order valence-electron chi connectivity index (χ4n) is 0.228. The largest absolute Gasteiger partial charge is 0.283 e. The molecule has 1 aliphatic rings. The molecule has 0 bridgehead atoms. The van der Waals surface area contributed by atoms with Gasteiger partial charge >= 0.3 is 0 Å². The molecule has 3 heteroatoms. The second-order valence-corrected chi connectivity index (χ2v) is 0.799. The van der Waals surface area contributed by atoms with Gasteiger partial charge in [0, 0.05) is 0 Å². The Kier molecular flexibility index (Phi) is 0.834. The van der Waals surface area contributed by atoms with Gasteiger partial charge in [-0.15, -0.1) is 0 Å². The number of hydroxylamine groups is 1. The maximum atomic E-state index is 4.53. The average molecular weight is 73.1 g/mol. The van der Waals surface area contributed by atoms with Crippen LogP contribution in [0.1, 0.15) is 0 Å². The van der Waals surface area contributed by atoms with E-state index in [0.29, 0.717) is 13.4 Å². The van der Waals surface area contributed by atoms with Gasteiger partial charge < -0.3 is 0 Å². The van der Waals surface area contributed by atoms with Crippen molar-refractivity contribution in [3.8, 4) is 0 Å². The van der Waals surface area contributed by atoms with Gasteiger partial charge in [-0.25, -0.2) is 0 Å². The second-order valence-electron chi connectivity index (χ2n) is 0.799. The minimum Gasteiger partial charge on any atom is -0.283 e. The van der Waals surface area contributed by atoms with Gasteiger partial charge in [-0.1, -0.05) is 0 Å². The zero-order valence-corrected chi connectivity index (χ0v) is 2.77. The van der Waals surface area contributed by atoms with Crippen LogP contribution in [0.3, 0.4) is 0 Å². The van der Waals surface area contributed by atoms with Gasteiger partial charge in [0.1, 0.15) is 6.73 Å². The molecule has 0 spiro atoms. The summed E-state index contributed by atoms with van der Waals surface area (Å²) >= 11 is 0. The molecule has 0 atom stereocenters. The van der Waals surface area contributed by atoms with Crippen molar-refractivity contribution < 1.29 is 4.84 Å². The SMILES string of the molecule is C1[N]CON1. The van der Waals surface area contributed by atoms with E-state index >= 15 is 0 Å². The van der Waals surface area contributed by atoms with Gasteiger partial charge in [0.05, 0.1) is 6.67 Å². The monoisotopic (exact) mass is 73.0 g/mol. The highest BCUT2D eigenvalue weighted by molar-refractivity contribution is 4.31. The molecule has 1 aliphatic heterocycles. The Hall–Kier alpha value is -0.120. The Bertz CT molecular complexity index is 19.2. The maximum Gasteiger partial charge on any atom is 0.135 e. The summed E-state index contributed by atoms with van der Waals surface area (Å²) in [4.78, 5) is 4.53. The molecule has 29 valence electrons. The Morgan fingerprint density at radius 1 is 1.80 bits per heavy atom. The summed E-state index contributed by atoms with van der Waals surface area (Å²) in [6, 6.07) is 0. The van der Waals surface area contributed by atoms with Crippen LogP contribution in [0.2, 0.25) is 0 Å². The summed E-state index contributed by atoms with van der Waals surface area (Å²) in [5.74, 6) is 0. The van der Waals surface area contributed by atoms with E-state index in [4.69, 9.17) is 0 Å². The van der Waals surface area contributed by atoms with E-state index in [1.54, 1.807) is 0 Å². The maximum absolute atomic E-state index is 4.53. The summed E-state index contributed by atoms with van der Waals surface area (Å²) in [5, 5.41) is 3.75. The summed E-state index contributed by atoms with van der Waals surface area (Å²) in [5.41, 5.74) is 2.56. The van der Waals surface area contributed by atoms with Gasteiger partial charge in [-0.2, -0.15) is 10.8 Å². The predicted molar refractivity (Wildman–Crippen MR) is 16.1 cm³/mol. The topological polar surface area (TPSA) is 35.4 Å². The van der Waals surface area contributed by atoms with E-state index in [9.17, 15) is 0 Å². The second kappa shape index (κ2) is 1.35. The van der Waals surface area contributed by atoms with Gasteiger partial charge in [0.2, 0.25) is 0 Å². The van der Waals surface area contributed by atoms with E-state index in [1.807, 2.05) is 0 Å². The van der Waals surface area contributed by atoms with E-state index in [-0.39, 0.29) is 0 Å². The van der Waals surface area contributed by atoms with Crippen LogP contribution in [0.25, 0.3) is 0 Å². The van der Waals surface area contributed by atoms with E-state index in [0.717, 1.165) is 0 Å². The van der Waals surface area contributed by atoms with Crippen molar-refractivity contribution in [1.82, 2.24) is 10.8 Å². The predicted octanol–water partition coefficient (Wildman–Crippen LogP) is -0.959. The molecule has 0 aromatic rings. The van der Waals surface area contributed by atoms with Crippen molar-refractivity contribution in [2.75, 3.05) is 13.4 Å². The molecule has 5 heavy (non-hydrogen) atoms. The van der Waals surface area contributed by atoms with Crippen LogP contribution in [-0.4, -0.2) is 13.4 Å². The van der Waals surface area contributed by atoms with Crippen LogP contribution in [0.5, 0.6) is 0 Å². The highest BCUT2D eigenvalue weighted by Crippen LogP contribution is 1.69. The molecule has 3 nitrogen and oxygen atoms in total. The molecule has 1 heterocycles. The van der Waals surface area contributed by atoms with Crippen molar-refractivity contribution in [2.24, 2.45) is 0 Å². The van der Waals surface area contributed by atoms with Crippen LogP contribution < -0.4 is 10.8 Å². The van der Waals surface area contributed by atoms with Crippen LogP contribution >= 0.6 is 0 Å². The third kappa shape index (κ3) is 0.576. The smallest absolute Gasteiger partial charge is 0.135 e. The normalized spacial score (nSPS) is 24.0. The van der Waals surface area contributed by atoms with Crippen LogP contribution in [-0.2, 0) is 4.84 Å². The average Bonchev–Trinajstić information content (AvgIpc) is 1.76. The Labute approximate surface area is 30.3 Å². The van der Waals surface area contributed by atoms with Crippen molar-refractivity contribution in [2.45, 2.75) is 0 Å². The van der Waals surface area contributed by atoms with Gasteiger partial charge in [-0.3, -0.25) is 4.84 Å². The third-order valence-corrected chi connectivity index (χ3v) is 0.434. The fraction of sp³-hybridized carbons (Fsp3) is 1.00. The molecule has 0 aliphatic carbocycles. The number of nitrogens with zero attached hydrogens (tertiary/aromatic N) is 1. The standard InChI is InChI=1S/C2H5N2O/c1-3-2-5-4-1/h4H,1-2H2. The molecule has 0 aromatic carbocycles. The lowest BCUT2D eigenvalue weighted by molar-refractivity contribution is 0.0995. The Balaban J connectivity index is 2.08. The van der Waals surface area contributed by atoms with E-state index in [1.165, 1.54) is 0 Å². The Morgan fingerprint density at radius 2 is 2.80 bits per heavy atom. The van der Waals surface area contributed by atoms with Crippen LogP contribution in [0.4, 0.5) is 0 Å². The van der Waals surface area contributed by atoms with Crippen molar-refractivity contribution >= 4 is 0 Å². The first-order valence-electron chi connectivity index (χ1n) is 1.48. The molecule has 1 fully saturated rings. The molecule has 0 unspecified atom stereocenters. The first-order chi connectivity index (χ1) is 2.50. The third-order valence-electron chi connectivity index (χ3n) is 0.434. The minimum atomic E-state index is 0.514. The molecule has 1 rings (SSSR count). The zero-order valence-electron chi connectivity index (χ0n) is 2.77. The van der Waals surface area contributed by atoms with E-state index < -0.39 is 0 Å². The van der Waals surface area contributed by atoms with Crippen molar-refractivity contribution in [3.63, 3.8) is 0 Å². The molecule has 0 saturated carbocycles. The molecular formula is C2H5N2O. The van der Waals surface area contributed by atoms with Gasteiger partial charge in [0.15, 0.2) is 0 Å². The summed E-state index contributed by atoms with van der Waals surface area (Å²) in [6.07, 6.45) is 0. The van der Waals surface area contributed by atoms with Crippen molar-refractivity contribution in [3.05, 3.63) is 0 Å². The summed E-state index contributed by atoms with van der Waals surface area (Å²) in [6.45, 7) is 1.17. The molecule has 1 saturated heterocycles. The fourth-order valence-corrected chi connectivity index (χ4v) is 0.228. The number of rotatable bonds is 0.